The number of rotatable bonds is 6. The number of nitrogens with zero attached hydrogens (tertiary/aromatic N) is 2. The molecule has 0 radical (unpaired) electrons. The van der Waals surface area contributed by atoms with E-state index >= 15 is 0 Å². The van der Waals surface area contributed by atoms with Crippen molar-refractivity contribution in [2.75, 3.05) is 50.2 Å². The Balaban J connectivity index is 1.50. The topological polar surface area (TPSA) is 105 Å². The molecule has 0 bridgehead atoms. The quantitative estimate of drug-likeness (QED) is 0.709. The largest absolute Gasteiger partial charge is 0.495 e. The standard InChI is InChI=1S/C22H25N3O6S/c1-30-20-9-6-17(15-19(20)25-10-2-3-21(25)26)23-22(27)16-4-7-18(8-5-16)32(28,29)24-11-13-31-14-12-24/h4-9,15H,2-3,10-14H2,1H3,(H,23,27). The number of anilines is 2. The molecule has 2 heterocycles. The summed E-state index contributed by atoms with van der Waals surface area (Å²) in [6.07, 6.45) is 1.26. The van der Waals surface area contributed by atoms with Crippen molar-refractivity contribution in [2.45, 2.75) is 17.7 Å². The van der Waals surface area contributed by atoms with Gasteiger partial charge in [-0.25, -0.2) is 8.42 Å². The van der Waals surface area contributed by atoms with Gasteiger partial charge in [0.1, 0.15) is 5.75 Å². The number of sulfonamides is 1. The maximum absolute atomic E-state index is 12.7. The molecule has 2 amide bonds. The Bertz CT molecular complexity index is 1110. The fourth-order valence-electron chi connectivity index (χ4n) is 3.80. The SMILES string of the molecule is COc1ccc(NC(=O)c2ccc(S(=O)(=O)N3CCOCC3)cc2)cc1N1CCCC1=O. The Morgan fingerprint density at radius 3 is 2.41 bits per heavy atom. The highest BCUT2D eigenvalue weighted by atomic mass is 32.2. The van der Waals surface area contributed by atoms with Crippen LogP contribution in [0.25, 0.3) is 0 Å². The predicted molar refractivity (Wildman–Crippen MR) is 119 cm³/mol. The van der Waals surface area contributed by atoms with Gasteiger partial charge in [-0.1, -0.05) is 0 Å². The highest BCUT2D eigenvalue weighted by Crippen LogP contribution is 2.34. The van der Waals surface area contributed by atoms with Crippen LogP contribution in [0.2, 0.25) is 0 Å². The van der Waals surface area contributed by atoms with Gasteiger partial charge in [-0.05, 0) is 48.9 Å². The molecule has 0 spiro atoms. The van der Waals surface area contributed by atoms with Crippen LogP contribution in [0.1, 0.15) is 23.2 Å². The van der Waals surface area contributed by atoms with E-state index in [0.29, 0.717) is 62.0 Å². The molecule has 1 N–H and O–H groups in total. The Labute approximate surface area is 187 Å². The number of hydrogen-bond donors (Lipinski definition) is 1. The van der Waals surface area contributed by atoms with Crippen molar-refractivity contribution in [1.29, 1.82) is 0 Å². The molecule has 170 valence electrons. The lowest BCUT2D eigenvalue weighted by atomic mass is 10.2. The summed E-state index contributed by atoms with van der Waals surface area (Å²) in [5.74, 6) is 0.184. The van der Waals surface area contributed by atoms with Gasteiger partial charge in [0, 0.05) is 37.3 Å². The molecular formula is C22H25N3O6S. The lowest BCUT2D eigenvalue weighted by Crippen LogP contribution is -2.40. The lowest BCUT2D eigenvalue weighted by molar-refractivity contribution is -0.117. The number of carbonyl (C=O) groups excluding carboxylic acids is 2. The van der Waals surface area contributed by atoms with E-state index in [1.165, 1.54) is 35.7 Å². The monoisotopic (exact) mass is 459 g/mol. The number of amides is 2. The Kier molecular flexibility index (Phi) is 6.45. The fourth-order valence-corrected chi connectivity index (χ4v) is 5.21. The smallest absolute Gasteiger partial charge is 0.255 e. The van der Waals surface area contributed by atoms with E-state index < -0.39 is 10.0 Å². The first-order chi connectivity index (χ1) is 15.4. The van der Waals surface area contributed by atoms with Crippen molar-refractivity contribution in [3.8, 4) is 5.75 Å². The zero-order valence-corrected chi connectivity index (χ0v) is 18.6. The van der Waals surface area contributed by atoms with E-state index in [1.807, 2.05) is 0 Å². The molecule has 0 unspecified atom stereocenters. The maximum Gasteiger partial charge on any atom is 0.255 e. The molecule has 0 atom stereocenters. The van der Waals surface area contributed by atoms with E-state index in [1.54, 1.807) is 23.1 Å². The normalized spacial score (nSPS) is 17.4. The summed E-state index contributed by atoms with van der Waals surface area (Å²) in [6.45, 7) is 1.96. The molecule has 10 heteroatoms. The average Bonchev–Trinajstić information content (AvgIpc) is 3.25. The van der Waals surface area contributed by atoms with Gasteiger partial charge < -0.3 is 19.7 Å². The van der Waals surface area contributed by atoms with Gasteiger partial charge in [-0.15, -0.1) is 0 Å². The molecule has 32 heavy (non-hydrogen) atoms. The molecule has 2 saturated heterocycles. The van der Waals surface area contributed by atoms with Crippen LogP contribution in [0.5, 0.6) is 5.75 Å². The van der Waals surface area contributed by atoms with Crippen molar-refractivity contribution in [3.05, 3.63) is 48.0 Å². The molecule has 9 nitrogen and oxygen atoms in total. The Morgan fingerprint density at radius 1 is 1.06 bits per heavy atom. The summed E-state index contributed by atoms with van der Waals surface area (Å²) >= 11 is 0. The number of methoxy groups -OCH3 is 1. The number of morpholine rings is 1. The van der Waals surface area contributed by atoms with Crippen molar-refractivity contribution in [2.24, 2.45) is 0 Å². The van der Waals surface area contributed by atoms with Crippen LogP contribution in [-0.4, -0.2) is 64.5 Å². The fraction of sp³-hybridized carbons (Fsp3) is 0.364. The number of ether oxygens (including phenoxy) is 2. The summed E-state index contributed by atoms with van der Waals surface area (Å²) in [5, 5.41) is 2.80. The first-order valence-electron chi connectivity index (χ1n) is 10.4. The third-order valence-corrected chi connectivity index (χ3v) is 7.44. The van der Waals surface area contributed by atoms with Crippen LogP contribution in [0.3, 0.4) is 0 Å². The second-order valence-corrected chi connectivity index (χ2v) is 9.47. The summed E-state index contributed by atoms with van der Waals surface area (Å²) < 4.78 is 37.4. The summed E-state index contributed by atoms with van der Waals surface area (Å²) in [7, 11) is -2.09. The third kappa shape index (κ3) is 4.47. The van der Waals surface area contributed by atoms with Gasteiger partial charge >= 0.3 is 0 Å². The van der Waals surface area contributed by atoms with Crippen LogP contribution in [0.4, 0.5) is 11.4 Å². The highest BCUT2D eigenvalue weighted by Gasteiger charge is 2.27. The molecule has 0 saturated carbocycles. The van der Waals surface area contributed by atoms with Crippen LogP contribution in [0.15, 0.2) is 47.4 Å². The summed E-state index contributed by atoms with van der Waals surface area (Å²) in [5.41, 5.74) is 1.44. The van der Waals surface area contributed by atoms with Crippen LogP contribution >= 0.6 is 0 Å². The zero-order chi connectivity index (χ0) is 22.7. The number of benzene rings is 2. The van der Waals surface area contributed by atoms with Gasteiger partial charge in [0.05, 0.1) is 30.9 Å². The second kappa shape index (κ2) is 9.27. The van der Waals surface area contributed by atoms with Crippen molar-refractivity contribution in [1.82, 2.24) is 4.31 Å². The predicted octanol–water partition coefficient (Wildman–Crippen LogP) is 2.10. The van der Waals surface area contributed by atoms with E-state index in [4.69, 9.17) is 9.47 Å². The van der Waals surface area contributed by atoms with E-state index in [0.717, 1.165) is 6.42 Å². The Morgan fingerprint density at radius 2 is 1.78 bits per heavy atom. The molecule has 4 rings (SSSR count). The minimum absolute atomic E-state index is 0.0174. The number of hydrogen-bond acceptors (Lipinski definition) is 6. The third-order valence-electron chi connectivity index (χ3n) is 5.53. The average molecular weight is 460 g/mol. The van der Waals surface area contributed by atoms with Crippen molar-refractivity contribution in [3.63, 3.8) is 0 Å². The van der Waals surface area contributed by atoms with Crippen LogP contribution < -0.4 is 15.0 Å². The van der Waals surface area contributed by atoms with Crippen LogP contribution in [-0.2, 0) is 19.6 Å². The minimum Gasteiger partial charge on any atom is -0.495 e. The van der Waals surface area contributed by atoms with E-state index in [9.17, 15) is 18.0 Å². The minimum atomic E-state index is -3.62. The molecular weight excluding hydrogens is 434 g/mol. The Hall–Kier alpha value is -2.95. The summed E-state index contributed by atoms with van der Waals surface area (Å²) in [4.78, 5) is 26.7. The maximum atomic E-state index is 12.7. The van der Waals surface area contributed by atoms with Gasteiger partial charge in [0.15, 0.2) is 0 Å². The molecule has 0 aromatic heterocycles. The molecule has 2 aromatic rings. The molecule has 2 aromatic carbocycles. The number of nitrogens with one attached hydrogen (secondary N) is 1. The van der Waals surface area contributed by atoms with Crippen molar-refractivity contribution < 1.29 is 27.5 Å². The highest BCUT2D eigenvalue weighted by molar-refractivity contribution is 7.89. The first-order valence-corrected chi connectivity index (χ1v) is 11.8. The van der Waals surface area contributed by atoms with Crippen molar-refractivity contribution >= 4 is 33.2 Å². The number of carbonyl (C=O) groups is 2. The van der Waals surface area contributed by atoms with Gasteiger partial charge in [0.25, 0.3) is 5.91 Å². The summed E-state index contributed by atoms with van der Waals surface area (Å²) in [6, 6.07) is 10.9. The second-order valence-electron chi connectivity index (χ2n) is 7.53. The molecule has 2 aliphatic heterocycles. The van der Waals surface area contributed by atoms with Gasteiger partial charge in [-0.2, -0.15) is 4.31 Å². The van der Waals surface area contributed by atoms with Gasteiger partial charge in [0.2, 0.25) is 15.9 Å². The molecule has 0 aliphatic carbocycles. The van der Waals surface area contributed by atoms with Gasteiger partial charge in [-0.3, -0.25) is 9.59 Å². The molecule has 2 fully saturated rings. The lowest BCUT2D eigenvalue weighted by Gasteiger charge is -2.26. The van der Waals surface area contributed by atoms with E-state index in [-0.39, 0.29) is 16.7 Å². The van der Waals surface area contributed by atoms with Crippen LogP contribution in [0, 0.1) is 0 Å². The first kappa shape index (κ1) is 22.3. The molecule has 2 aliphatic rings. The zero-order valence-electron chi connectivity index (χ0n) is 17.7. The van der Waals surface area contributed by atoms with E-state index in [2.05, 4.69) is 5.32 Å².